The average molecular weight is 383 g/mol. The molecule has 2 aromatic heterocycles. The Morgan fingerprint density at radius 2 is 2.04 bits per heavy atom. The Kier molecular flexibility index (Phi) is 4.75. The van der Waals surface area contributed by atoms with Gasteiger partial charge in [-0.3, -0.25) is 9.48 Å². The van der Waals surface area contributed by atoms with Gasteiger partial charge in [-0.1, -0.05) is 0 Å². The molecule has 8 heteroatoms. The van der Waals surface area contributed by atoms with E-state index in [1.807, 2.05) is 53.2 Å². The molecule has 1 aliphatic heterocycles. The number of carbonyl (C=O) groups is 1. The van der Waals surface area contributed by atoms with E-state index in [0.717, 1.165) is 10.6 Å². The molecular formula is C19H21N5O2S. The maximum Gasteiger partial charge on any atom is 0.254 e. The molecule has 0 spiro atoms. The first-order valence-electron chi connectivity index (χ1n) is 8.72. The molecule has 1 amide bonds. The fraction of sp³-hybridized carbons (Fsp3) is 0.316. The molecule has 4 rings (SSSR count). The Bertz CT molecular complexity index is 963. The van der Waals surface area contributed by atoms with Crippen LogP contribution in [0.1, 0.15) is 33.7 Å². The molecule has 0 radical (unpaired) electrons. The highest BCUT2D eigenvalue weighted by Crippen LogP contribution is 2.23. The molecule has 3 heterocycles. The number of amides is 1. The number of benzene rings is 1. The number of aromatic nitrogens is 4. The monoisotopic (exact) mass is 383 g/mol. The summed E-state index contributed by atoms with van der Waals surface area (Å²) in [6.45, 7) is 1.68. The largest absolute Gasteiger partial charge is 0.379 e. The van der Waals surface area contributed by atoms with Crippen LogP contribution in [0.25, 0.3) is 0 Å². The molecule has 27 heavy (non-hydrogen) atoms. The van der Waals surface area contributed by atoms with E-state index in [4.69, 9.17) is 0 Å². The minimum Gasteiger partial charge on any atom is -0.379 e. The van der Waals surface area contributed by atoms with Gasteiger partial charge in [0.1, 0.15) is 5.82 Å². The Balaban J connectivity index is 1.52. The van der Waals surface area contributed by atoms with Crippen molar-refractivity contribution in [3.8, 4) is 0 Å². The highest BCUT2D eigenvalue weighted by atomic mass is 32.2. The molecule has 3 aromatic rings. The standard InChI is InChI=1S/C19H21N5O2S/c1-22-8-7-20-18(22)17(25)16-11-14-12-23(9-10-24(14)21-16)19(26)13-3-5-15(27-2)6-4-13/h3-8,11,17,25H,9-10,12H2,1-2H3/t17-/m0/s1. The van der Waals surface area contributed by atoms with Gasteiger partial charge in [-0.05, 0) is 36.6 Å². The van der Waals surface area contributed by atoms with E-state index in [1.54, 1.807) is 28.7 Å². The molecule has 1 aliphatic rings. The zero-order chi connectivity index (χ0) is 19.0. The number of aliphatic hydroxyl groups is 1. The van der Waals surface area contributed by atoms with Crippen LogP contribution in [0.3, 0.4) is 0 Å². The zero-order valence-electron chi connectivity index (χ0n) is 15.2. The van der Waals surface area contributed by atoms with Crippen molar-refractivity contribution in [3.63, 3.8) is 0 Å². The third kappa shape index (κ3) is 3.38. The van der Waals surface area contributed by atoms with Gasteiger partial charge in [0.2, 0.25) is 0 Å². The molecule has 7 nitrogen and oxygen atoms in total. The summed E-state index contributed by atoms with van der Waals surface area (Å²) in [6.07, 6.45) is 4.57. The number of aryl methyl sites for hydroxylation is 1. The van der Waals surface area contributed by atoms with E-state index in [-0.39, 0.29) is 5.91 Å². The number of carbonyl (C=O) groups excluding carboxylic acids is 1. The lowest BCUT2D eigenvalue weighted by Gasteiger charge is -2.27. The Morgan fingerprint density at radius 3 is 2.70 bits per heavy atom. The molecule has 0 saturated carbocycles. The Morgan fingerprint density at radius 1 is 1.26 bits per heavy atom. The maximum absolute atomic E-state index is 12.8. The predicted molar refractivity (Wildman–Crippen MR) is 102 cm³/mol. The van der Waals surface area contributed by atoms with Crippen molar-refractivity contribution >= 4 is 17.7 Å². The fourth-order valence-electron chi connectivity index (χ4n) is 3.28. The lowest BCUT2D eigenvalue weighted by molar-refractivity contribution is 0.0705. The molecule has 0 saturated heterocycles. The summed E-state index contributed by atoms with van der Waals surface area (Å²) in [5, 5.41) is 15.1. The maximum atomic E-state index is 12.8. The van der Waals surface area contributed by atoms with E-state index in [2.05, 4.69) is 10.1 Å². The van der Waals surface area contributed by atoms with Crippen LogP contribution in [0.15, 0.2) is 47.6 Å². The summed E-state index contributed by atoms with van der Waals surface area (Å²) in [7, 11) is 1.84. The molecule has 0 aliphatic carbocycles. The predicted octanol–water partition coefficient (Wildman–Crippen LogP) is 2.08. The van der Waals surface area contributed by atoms with Crippen LogP contribution >= 0.6 is 11.8 Å². The summed E-state index contributed by atoms with van der Waals surface area (Å²) in [6, 6.07) is 9.53. The molecule has 0 unspecified atom stereocenters. The van der Waals surface area contributed by atoms with Crippen LogP contribution in [0.2, 0.25) is 0 Å². The van der Waals surface area contributed by atoms with Gasteiger partial charge in [-0.25, -0.2) is 4.98 Å². The van der Waals surface area contributed by atoms with Gasteiger partial charge in [0.05, 0.1) is 24.5 Å². The van der Waals surface area contributed by atoms with Crippen LogP contribution in [0.5, 0.6) is 0 Å². The van der Waals surface area contributed by atoms with Crippen molar-refractivity contribution in [1.82, 2.24) is 24.2 Å². The Hall–Kier alpha value is -2.58. The van der Waals surface area contributed by atoms with Gasteiger partial charge >= 0.3 is 0 Å². The minimum atomic E-state index is -0.883. The number of aliphatic hydroxyl groups excluding tert-OH is 1. The molecule has 140 valence electrons. The third-order valence-electron chi connectivity index (χ3n) is 4.82. The third-order valence-corrected chi connectivity index (χ3v) is 5.57. The zero-order valence-corrected chi connectivity index (χ0v) is 16.1. The summed E-state index contributed by atoms with van der Waals surface area (Å²) < 4.78 is 3.64. The first kappa shape index (κ1) is 17.8. The van der Waals surface area contributed by atoms with Crippen LogP contribution in [-0.2, 0) is 20.1 Å². The van der Waals surface area contributed by atoms with Gasteiger partial charge in [-0.2, -0.15) is 5.10 Å². The summed E-state index contributed by atoms with van der Waals surface area (Å²) in [5.41, 5.74) is 2.16. The number of thioether (sulfide) groups is 1. The van der Waals surface area contributed by atoms with Crippen LogP contribution in [-0.4, -0.2) is 48.0 Å². The first-order valence-corrected chi connectivity index (χ1v) is 9.94. The van der Waals surface area contributed by atoms with Gasteiger partial charge in [0.15, 0.2) is 6.10 Å². The van der Waals surface area contributed by atoms with Crippen molar-refractivity contribution in [2.45, 2.75) is 24.1 Å². The second kappa shape index (κ2) is 7.21. The van der Waals surface area contributed by atoms with E-state index in [0.29, 0.717) is 36.7 Å². The number of imidazole rings is 1. The van der Waals surface area contributed by atoms with E-state index in [9.17, 15) is 9.90 Å². The van der Waals surface area contributed by atoms with E-state index < -0.39 is 6.10 Å². The second-order valence-corrected chi connectivity index (χ2v) is 7.42. The van der Waals surface area contributed by atoms with Crippen molar-refractivity contribution in [1.29, 1.82) is 0 Å². The summed E-state index contributed by atoms with van der Waals surface area (Å²) in [5.74, 6) is 0.563. The lowest BCUT2D eigenvalue weighted by atomic mass is 10.1. The molecular weight excluding hydrogens is 362 g/mol. The van der Waals surface area contributed by atoms with Crippen molar-refractivity contribution < 1.29 is 9.90 Å². The highest BCUT2D eigenvalue weighted by Gasteiger charge is 2.26. The number of hydrogen-bond donors (Lipinski definition) is 1. The number of rotatable bonds is 4. The normalized spacial score (nSPS) is 14.9. The molecule has 1 atom stereocenters. The van der Waals surface area contributed by atoms with E-state index >= 15 is 0 Å². The molecule has 1 aromatic carbocycles. The fourth-order valence-corrected chi connectivity index (χ4v) is 3.69. The first-order chi connectivity index (χ1) is 13.1. The van der Waals surface area contributed by atoms with Gasteiger partial charge in [0.25, 0.3) is 5.91 Å². The van der Waals surface area contributed by atoms with Gasteiger partial charge in [-0.15, -0.1) is 11.8 Å². The number of hydrogen-bond acceptors (Lipinski definition) is 5. The Labute approximate surface area is 161 Å². The van der Waals surface area contributed by atoms with Gasteiger partial charge in [0, 0.05) is 36.4 Å². The SMILES string of the molecule is CSc1ccc(C(=O)N2CCn3nc([C@H](O)c4nccn4C)cc3C2)cc1. The number of nitrogens with zero attached hydrogens (tertiary/aromatic N) is 5. The second-order valence-electron chi connectivity index (χ2n) is 6.54. The van der Waals surface area contributed by atoms with Crippen LogP contribution in [0.4, 0.5) is 0 Å². The van der Waals surface area contributed by atoms with E-state index in [1.165, 1.54) is 0 Å². The smallest absolute Gasteiger partial charge is 0.254 e. The average Bonchev–Trinajstić information content (AvgIpc) is 3.32. The lowest BCUT2D eigenvalue weighted by Crippen LogP contribution is -2.38. The molecule has 0 fully saturated rings. The minimum absolute atomic E-state index is 0.0151. The highest BCUT2D eigenvalue weighted by molar-refractivity contribution is 7.98. The van der Waals surface area contributed by atoms with Crippen LogP contribution in [0, 0.1) is 0 Å². The van der Waals surface area contributed by atoms with Crippen LogP contribution < -0.4 is 0 Å². The quantitative estimate of drug-likeness (QED) is 0.698. The van der Waals surface area contributed by atoms with Crippen molar-refractivity contribution in [2.75, 3.05) is 12.8 Å². The van der Waals surface area contributed by atoms with Gasteiger partial charge < -0.3 is 14.6 Å². The summed E-state index contributed by atoms with van der Waals surface area (Å²) >= 11 is 1.65. The number of fused-ring (bicyclic) bond motifs is 1. The van der Waals surface area contributed by atoms with Crippen molar-refractivity contribution in [2.24, 2.45) is 7.05 Å². The summed E-state index contributed by atoms with van der Waals surface area (Å²) in [4.78, 5) is 20.0. The topological polar surface area (TPSA) is 76.2 Å². The van der Waals surface area contributed by atoms with Crippen molar-refractivity contribution in [3.05, 3.63) is 65.5 Å². The molecule has 1 N–H and O–H groups in total. The molecule has 0 bridgehead atoms.